The van der Waals surface area contributed by atoms with Gasteiger partial charge < -0.3 is 30.3 Å². The Kier molecular flexibility index (Phi) is 7.04. The average Bonchev–Trinajstić information content (AvgIpc) is 2.61. The molecule has 2 aromatic rings. The van der Waals surface area contributed by atoms with Crippen molar-refractivity contribution in [1.29, 1.82) is 0 Å². The standard InChI is InChI=1S/C20H24FN3O6/c1-11(23-19(28)30-20(2,3)4)10-29-13-8-14(21)17(22-9-13)18(27)24-15-7-12(25)5-6-16(15)26/h5-9,11,25-26H,10H2,1-4H3,(H,23,28)(H,24,27)/t11-/m0/s1. The fourth-order valence-corrected chi connectivity index (χ4v) is 2.24. The summed E-state index contributed by atoms with van der Waals surface area (Å²) in [7, 11) is 0. The molecule has 162 valence electrons. The number of benzene rings is 1. The number of ether oxygens (including phenoxy) is 2. The van der Waals surface area contributed by atoms with Crippen molar-refractivity contribution >= 4 is 17.7 Å². The van der Waals surface area contributed by atoms with Gasteiger partial charge in [-0.15, -0.1) is 0 Å². The zero-order chi connectivity index (χ0) is 22.5. The number of anilines is 1. The number of hydrogen-bond donors (Lipinski definition) is 4. The van der Waals surface area contributed by atoms with E-state index in [2.05, 4.69) is 15.6 Å². The number of pyridine rings is 1. The van der Waals surface area contributed by atoms with Gasteiger partial charge in [0.25, 0.3) is 5.91 Å². The van der Waals surface area contributed by atoms with Crippen LogP contribution in [-0.4, -0.2) is 45.4 Å². The third-order valence-corrected chi connectivity index (χ3v) is 3.52. The SMILES string of the molecule is C[C@@H](COc1cnc(C(=O)Nc2cc(O)ccc2O)c(F)c1)NC(=O)OC(C)(C)C. The number of nitrogens with zero attached hydrogens (tertiary/aromatic N) is 1. The van der Waals surface area contributed by atoms with Gasteiger partial charge in [-0.25, -0.2) is 14.2 Å². The van der Waals surface area contributed by atoms with E-state index in [4.69, 9.17) is 9.47 Å². The van der Waals surface area contributed by atoms with Crippen LogP contribution >= 0.6 is 0 Å². The van der Waals surface area contributed by atoms with Crippen LogP contribution < -0.4 is 15.4 Å². The van der Waals surface area contributed by atoms with Gasteiger partial charge in [-0.2, -0.15) is 0 Å². The highest BCUT2D eigenvalue weighted by Gasteiger charge is 2.19. The smallest absolute Gasteiger partial charge is 0.407 e. The molecule has 0 spiro atoms. The second kappa shape index (κ2) is 9.29. The van der Waals surface area contributed by atoms with Crippen molar-refractivity contribution in [2.45, 2.75) is 39.3 Å². The minimum Gasteiger partial charge on any atom is -0.508 e. The van der Waals surface area contributed by atoms with Gasteiger partial charge in [-0.05, 0) is 39.8 Å². The van der Waals surface area contributed by atoms with Crippen molar-refractivity contribution in [3.63, 3.8) is 0 Å². The molecule has 4 N–H and O–H groups in total. The third kappa shape index (κ3) is 6.80. The number of rotatable bonds is 6. The van der Waals surface area contributed by atoms with Crippen LogP contribution in [0.5, 0.6) is 17.2 Å². The van der Waals surface area contributed by atoms with E-state index in [-0.39, 0.29) is 29.5 Å². The lowest BCUT2D eigenvalue weighted by Crippen LogP contribution is -2.40. The fourth-order valence-electron chi connectivity index (χ4n) is 2.24. The molecule has 0 bridgehead atoms. The Morgan fingerprint density at radius 1 is 1.23 bits per heavy atom. The first-order valence-corrected chi connectivity index (χ1v) is 9.06. The molecule has 9 nitrogen and oxygen atoms in total. The molecule has 0 aliphatic heterocycles. The number of carbonyl (C=O) groups is 2. The Morgan fingerprint density at radius 2 is 1.93 bits per heavy atom. The number of nitrogens with one attached hydrogen (secondary N) is 2. The summed E-state index contributed by atoms with van der Waals surface area (Å²) in [6.45, 7) is 6.91. The van der Waals surface area contributed by atoms with E-state index in [1.165, 1.54) is 12.1 Å². The summed E-state index contributed by atoms with van der Waals surface area (Å²) in [5, 5.41) is 24.0. The van der Waals surface area contributed by atoms with Gasteiger partial charge in [0.15, 0.2) is 11.5 Å². The first-order chi connectivity index (χ1) is 13.9. The summed E-state index contributed by atoms with van der Waals surface area (Å²) < 4.78 is 24.8. The van der Waals surface area contributed by atoms with Crippen LogP contribution in [0.25, 0.3) is 0 Å². The number of alkyl carbamates (subject to hydrolysis) is 1. The fraction of sp³-hybridized carbons (Fsp3) is 0.350. The minimum absolute atomic E-state index is 0.0169. The van der Waals surface area contributed by atoms with E-state index in [0.717, 1.165) is 18.3 Å². The van der Waals surface area contributed by atoms with Gasteiger partial charge in [0.1, 0.15) is 29.5 Å². The number of halogens is 1. The topological polar surface area (TPSA) is 130 Å². The largest absolute Gasteiger partial charge is 0.508 e. The predicted octanol–water partition coefficient (Wildman–Crippen LogP) is 3.18. The summed E-state index contributed by atoms with van der Waals surface area (Å²) in [6.07, 6.45) is 0.547. The normalized spacial score (nSPS) is 12.0. The van der Waals surface area contributed by atoms with E-state index >= 15 is 0 Å². The zero-order valence-corrected chi connectivity index (χ0v) is 17.0. The van der Waals surface area contributed by atoms with Gasteiger partial charge >= 0.3 is 6.09 Å². The molecule has 2 rings (SSSR count). The monoisotopic (exact) mass is 421 g/mol. The van der Waals surface area contributed by atoms with Crippen molar-refractivity contribution in [2.75, 3.05) is 11.9 Å². The molecule has 10 heteroatoms. The summed E-state index contributed by atoms with van der Waals surface area (Å²) in [6, 6.07) is 4.07. The molecule has 0 aliphatic rings. The Morgan fingerprint density at radius 3 is 2.57 bits per heavy atom. The molecule has 0 aliphatic carbocycles. The van der Waals surface area contributed by atoms with E-state index in [1.807, 2.05) is 0 Å². The van der Waals surface area contributed by atoms with Crippen molar-refractivity contribution < 1.29 is 33.7 Å². The number of amides is 2. The molecular formula is C20H24FN3O6. The van der Waals surface area contributed by atoms with E-state index < -0.39 is 35.2 Å². The lowest BCUT2D eigenvalue weighted by Gasteiger charge is -2.22. The highest BCUT2D eigenvalue weighted by Crippen LogP contribution is 2.27. The van der Waals surface area contributed by atoms with Gasteiger partial charge in [0, 0.05) is 12.1 Å². The average molecular weight is 421 g/mol. The number of aromatic hydroxyl groups is 2. The molecule has 0 saturated heterocycles. The van der Waals surface area contributed by atoms with Crippen molar-refractivity contribution in [3.8, 4) is 17.2 Å². The van der Waals surface area contributed by atoms with Gasteiger partial charge in [0.2, 0.25) is 0 Å². The second-order valence-corrected chi connectivity index (χ2v) is 7.52. The van der Waals surface area contributed by atoms with Crippen LogP contribution in [0.4, 0.5) is 14.9 Å². The summed E-state index contributed by atoms with van der Waals surface area (Å²) in [5.74, 6) is -2.29. The number of carbonyl (C=O) groups excluding carboxylic acids is 2. The molecule has 1 atom stereocenters. The van der Waals surface area contributed by atoms with Crippen LogP contribution in [0.15, 0.2) is 30.5 Å². The van der Waals surface area contributed by atoms with Gasteiger partial charge in [-0.1, -0.05) is 0 Å². The van der Waals surface area contributed by atoms with Crippen LogP contribution in [-0.2, 0) is 4.74 Å². The summed E-state index contributed by atoms with van der Waals surface area (Å²) in [4.78, 5) is 27.7. The Hall–Kier alpha value is -3.56. The molecule has 0 fully saturated rings. The van der Waals surface area contributed by atoms with Crippen molar-refractivity contribution in [2.24, 2.45) is 0 Å². The summed E-state index contributed by atoms with van der Waals surface area (Å²) in [5.41, 5.74) is -1.25. The van der Waals surface area contributed by atoms with Crippen LogP contribution in [0, 0.1) is 5.82 Å². The van der Waals surface area contributed by atoms with Crippen molar-refractivity contribution in [1.82, 2.24) is 10.3 Å². The first-order valence-electron chi connectivity index (χ1n) is 9.06. The molecule has 2 amide bonds. The van der Waals surface area contributed by atoms with Gasteiger partial charge in [0.05, 0.1) is 17.9 Å². The molecule has 30 heavy (non-hydrogen) atoms. The van der Waals surface area contributed by atoms with Crippen LogP contribution in [0.1, 0.15) is 38.2 Å². The first kappa shape index (κ1) is 22.7. The molecule has 0 radical (unpaired) electrons. The Balaban J connectivity index is 1.95. The molecule has 1 aromatic carbocycles. The van der Waals surface area contributed by atoms with E-state index in [9.17, 15) is 24.2 Å². The maximum Gasteiger partial charge on any atom is 0.407 e. The third-order valence-electron chi connectivity index (χ3n) is 3.52. The Labute approximate surface area is 172 Å². The van der Waals surface area contributed by atoms with Crippen LogP contribution in [0.2, 0.25) is 0 Å². The number of phenols is 2. The minimum atomic E-state index is -0.947. The van der Waals surface area contributed by atoms with E-state index in [0.29, 0.717) is 0 Å². The van der Waals surface area contributed by atoms with Crippen molar-refractivity contribution in [3.05, 3.63) is 42.0 Å². The molecular weight excluding hydrogens is 397 g/mol. The van der Waals surface area contributed by atoms with E-state index in [1.54, 1.807) is 27.7 Å². The number of aromatic nitrogens is 1. The molecule has 1 heterocycles. The lowest BCUT2D eigenvalue weighted by molar-refractivity contribution is 0.0493. The quantitative estimate of drug-likeness (QED) is 0.416. The summed E-state index contributed by atoms with van der Waals surface area (Å²) >= 11 is 0. The lowest BCUT2D eigenvalue weighted by atomic mass is 10.2. The second-order valence-electron chi connectivity index (χ2n) is 7.52. The number of phenolic OH excluding ortho intramolecular Hbond substituents is 2. The highest BCUT2D eigenvalue weighted by molar-refractivity contribution is 6.04. The van der Waals surface area contributed by atoms with Crippen LogP contribution in [0.3, 0.4) is 0 Å². The predicted molar refractivity (Wildman–Crippen MR) is 106 cm³/mol. The van der Waals surface area contributed by atoms with Gasteiger partial charge in [-0.3, -0.25) is 4.79 Å². The molecule has 1 aromatic heterocycles. The maximum absolute atomic E-state index is 14.3. The number of hydrogen-bond acceptors (Lipinski definition) is 7. The molecule has 0 unspecified atom stereocenters. The molecule has 0 saturated carbocycles. The maximum atomic E-state index is 14.3. The zero-order valence-electron chi connectivity index (χ0n) is 17.0. The Bertz CT molecular complexity index is 929. The highest BCUT2D eigenvalue weighted by atomic mass is 19.1.